The van der Waals surface area contributed by atoms with Crippen LogP contribution in [-0.4, -0.2) is 48.8 Å². The minimum atomic E-state index is -1.46. The Morgan fingerprint density at radius 3 is 2.77 bits per heavy atom. The Bertz CT molecular complexity index is 1310. The molecule has 9 nitrogen and oxygen atoms in total. The number of aromatic amines is 2. The fraction of sp³-hybridized carbons (Fsp3) is 0.182. The molecule has 2 aromatic carbocycles. The van der Waals surface area contributed by atoms with E-state index in [0.29, 0.717) is 35.0 Å². The monoisotopic (exact) mass is 420 g/mol. The van der Waals surface area contributed by atoms with E-state index in [9.17, 15) is 14.7 Å². The van der Waals surface area contributed by atoms with Crippen molar-refractivity contribution in [3.63, 3.8) is 0 Å². The van der Waals surface area contributed by atoms with Gasteiger partial charge in [-0.25, -0.2) is 14.8 Å². The van der Waals surface area contributed by atoms with Crippen LogP contribution in [0.1, 0.15) is 12.5 Å². The number of carbonyl (C=O) groups is 1. The molecule has 0 bridgehead atoms. The number of hydrogen-bond donors (Lipinski definition) is 4. The lowest BCUT2D eigenvalue weighted by Crippen LogP contribution is -2.21. The summed E-state index contributed by atoms with van der Waals surface area (Å²) in [6.07, 6.45) is -0.0381. The first-order valence-electron chi connectivity index (χ1n) is 9.67. The summed E-state index contributed by atoms with van der Waals surface area (Å²) >= 11 is 0. The number of nitrogens with zero attached hydrogens (tertiary/aromatic N) is 2. The fourth-order valence-corrected chi connectivity index (χ4v) is 3.33. The van der Waals surface area contributed by atoms with Crippen molar-refractivity contribution < 1.29 is 19.7 Å². The van der Waals surface area contributed by atoms with Crippen LogP contribution in [0.4, 0.5) is 0 Å². The van der Waals surface area contributed by atoms with Gasteiger partial charge in [0.15, 0.2) is 17.3 Å². The van der Waals surface area contributed by atoms with E-state index in [1.807, 2.05) is 31.2 Å². The molecule has 2 aromatic heterocycles. The van der Waals surface area contributed by atoms with Crippen molar-refractivity contribution in [3.8, 4) is 28.3 Å². The van der Waals surface area contributed by atoms with Crippen molar-refractivity contribution in [2.75, 3.05) is 6.61 Å². The average Bonchev–Trinajstić information content (AvgIpc) is 3.23. The number of aliphatic hydroxyl groups is 1. The number of ether oxygens (including phenoxy) is 1. The van der Waals surface area contributed by atoms with Crippen molar-refractivity contribution in [1.29, 1.82) is 0 Å². The number of benzene rings is 2. The number of carboxylic acid groups (broad SMARTS) is 1. The lowest BCUT2D eigenvalue weighted by Gasteiger charge is -2.13. The molecule has 0 spiro atoms. The second kappa shape index (κ2) is 8.41. The summed E-state index contributed by atoms with van der Waals surface area (Å²) in [5.74, 6) is -0.364. The van der Waals surface area contributed by atoms with Crippen molar-refractivity contribution in [2.24, 2.45) is 0 Å². The minimum Gasteiger partial charge on any atom is -0.493 e. The first kappa shape index (κ1) is 20.3. The summed E-state index contributed by atoms with van der Waals surface area (Å²) in [6.45, 7) is 2.27. The van der Waals surface area contributed by atoms with E-state index in [2.05, 4.69) is 19.9 Å². The van der Waals surface area contributed by atoms with Crippen LogP contribution in [0.2, 0.25) is 0 Å². The molecule has 0 unspecified atom stereocenters. The Balaban J connectivity index is 1.74. The molecule has 0 saturated carbocycles. The van der Waals surface area contributed by atoms with Crippen LogP contribution in [0.15, 0.2) is 53.6 Å². The molecule has 0 aliphatic heterocycles. The maximum atomic E-state index is 12.3. The number of H-pyrrole nitrogens is 2. The second-order valence-electron chi connectivity index (χ2n) is 6.92. The van der Waals surface area contributed by atoms with Gasteiger partial charge in [0.25, 0.3) is 5.56 Å². The van der Waals surface area contributed by atoms with Gasteiger partial charge in [0.2, 0.25) is 0 Å². The van der Waals surface area contributed by atoms with Gasteiger partial charge in [0.1, 0.15) is 11.6 Å². The van der Waals surface area contributed by atoms with Gasteiger partial charge < -0.3 is 24.9 Å². The highest BCUT2D eigenvalue weighted by molar-refractivity contribution is 5.77. The number of hydrogen-bond acceptors (Lipinski definition) is 6. The molecule has 4 rings (SSSR count). The zero-order valence-corrected chi connectivity index (χ0v) is 16.6. The zero-order valence-electron chi connectivity index (χ0n) is 16.6. The SMILES string of the molecule is CCOc1cc(-c2cccc(C[C@@H](O)C(=O)O)c2)ccc1-c1nc2[nH]cnc2c(=O)[nH]1. The van der Waals surface area contributed by atoms with Crippen LogP contribution >= 0.6 is 0 Å². The predicted octanol–water partition coefficient (Wildman–Crippen LogP) is 2.37. The van der Waals surface area contributed by atoms with Gasteiger partial charge >= 0.3 is 5.97 Å². The molecule has 158 valence electrons. The minimum absolute atomic E-state index is 0.00886. The smallest absolute Gasteiger partial charge is 0.332 e. The number of aliphatic carboxylic acids is 1. The van der Waals surface area contributed by atoms with Crippen molar-refractivity contribution in [3.05, 3.63) is 64.7 Å². The second-order valence-corrected chi connectivity index (χ2v) is 6.92. The number of nitrogens with one attached hydrogen (secondary N) is 2. The molecule has 9 heteroatoms. The van der Waals surface area contributed by atoms with Crippen molar-refractivity contribution >= 4 is 17.1 Å². The van der Waals surface area contributed by atoms with Gasteiger partial charge in [-0.3, -0.25) is 4.79 Å². The molecule has 2 heterocycles. The highest BCUT2D eigenvalue weighted by atomic mass is 16.5. The topological polar surface area (TPSA) is 141 Å². The molecule has 0 aliphatic carbocycles. The lowest BCUT2D eigenvalue weighted by atomic mass is 9.98. The van der Waals surface area contributed by atoms with Crippen LogP contribution in [0.5, 0.6) is 5.75 Å². The van der Waals surface area contributed by atoms with E-state index in [1.165, 1.54) is 6.33 Å². The molecule has 4 N–H and O–H groups in total. The third-order valence-electron chi connectivity index (χ3n) is 4.80. The Morgan fingerprint density at radius 1 is 1.19 bits per heavy atom. The molecule has 0 radical (unpaired) electrons. The highest BCUT2D eigenvalue weighted by Gasteiger charge is 2.16. The van der Waals surface area contributed by atoms with E-state index in [0.717, 1.165) is 11.1 Å². The number of carboxylic acids is 1. The van der Waals surface area contributed by atoms with Gasteiger partial charge in [-0.1, -0.05) is 30.3 Å². The highest BCUT2D eigenvalue weighted by Crippen LogP contribution is 2.33. The van der Waals surface area contributed by atoms with E-state index in [1.54, 1.807) is 18.2 Å². The van der Waals surface area contributed by atoms with Gasteiger partial charge in [0, 0.05) is 6.42 Å². The number of imidazole rings is 1. The average molecular weight is 420 g/mol. The molecule has 0 amide bonds. The van der Waals surface area contributed by atoms with Crippen LogP contribution in [0, 0.1) is 0 Å². The molecule has 0 saturated heterocycles. The van der Waals surface area contributed by atoms with E-state index in [4.69, 9.17) is 9.84 Å². The van der Waals surface area contributed by atoms with E-state index >= 15 is 0 Å². The van der Waals surface area contributed by atoms with Crippen molar-refractivity contribution in [1.82, 2.24) is 19.9 Å². The summed E-state index contributed by atoms with van der Waals surface area (Å²) in [5, 5.41) is 18.6. The Labute approximate surface area is 176 Å². The van der Waals surface area contributed by atoms with Crippen LogP contribution in [0.3, 0.4) is 0 Å². The number of rotatable bonds is 7. The van der Waals surface area contributed by atoms with E-state index < -0.39 is 12.1 Å². The molecule has 0 fully saturated rings. The van der Waals surface area contributed by atoms with Crippen LogP contribution in [0.25, 0.3) is 33.7 Å². The summed E-state index contributed by atoms with van der Waals surface area (Å²) < 4.78 is 5.81. The Hall–Kier alpha value is -3.98. The first-order chi connectivity index (χ1) is 15.0. The van der Waals surface area contributed by atoms with Crippen molar-refractivity contribution in [2.45, 2.75) is 19.4 Å². The summed E-state index contributed by atoms with van der Waals surface area (Å²) in [7, 11) is 0. The quantitative estimate of drug-likeness (QED) is 0.360. The van der Waals surface area contributed by atoms with Gasteiger partial charge in [0.05, 0.1) is 18.5 Å². The number of aliphatic hydroxyl groups excluding tert-OH is 1. The molecule has 1 atom stereocenters. The predicted molar refractivity (Wildman–Crippen MR) is 114 cm³/mol. The third-order valence-corrected chi connectivity index (χ3v) is 4.80. The number of fused-ring (bicyclic) bond motifs is 1. The van der Waals surface area contributed by atoms with Crippen LogP contribution < -0.4 is 10.3 Å². The van der Waals surface area contributed by atoms with Crippen LogP contribution in [-0.2, 0) is 11.2 Å². The maximum absolute atomic E-state index is 12.3. The Kier molecular flexibility index (Phi) is 5.50. The molecule has 31 heavy (non-hydrogen) atoms. The fourth-order valence-electron chi connectivity index (χ4n) is 3.33. The normalized spacial score (nSPS) is 12.1. The zero-order chi connectivity index (χ0) is 22.0. The standard InChI is InChI=1S/C22H20N4O5/c1-2-31-17-10-14(13-5-3-4-12(8-13)9-16(27)22(29)30)6-7-15(17)19-25-20-18(21(28)26-19)23-11-24-20/h3-8,10-11,16,27H,2,9H2,1H3,(H,29,30)(H2,23,24,25,26,28)/t16-/m1/s1. The van der Waals surface area contributed by atoms with Gasteiger partial charge in [-0.2, -0.15) is 0 Å². The summed E-state index contributed by atoms with van der Waals surface area (Å²) in [4.78, 5) is 37.2. The third kappa shape index (κ3) is 4.17. The largest absolute Gasteiger partial charge is 0.493 e. The molecule has 4 aromatic rings. The molecular weight excluding hydrogens is 400 g/mol. The van der Waals surface area contributed by atoms with E-state index in [-0.39, 0.29) is 17.5 Å². The summed E-state index contributed by atoms with van der Waals surface area (Å²) in [5.41, 5.74) is 3.27. The van der Waals surface area contributed by atoms with Gasteiger partial charge in [-0.15, -0.1) is 0 Å². The summed E-state index contributed by atoms with van der Waals surface area (Å²) in [6, 6.07) is 12.8. The lowest BCUT2D eigenvalue weighted by molar-refractivity contribution is -0.146. The van der Waals surface area contributed by atoms with Gasteiger partial charge in [-0.05, 0) is 35.7 Å². The maximum Gasteiger partial charge on any atom is 0.332 e. The molecule has 0 aliphatic rings. The molecular formula is C22H20N4O5. The first-order valence-corrected chi connectivity index (χ1v) is 9.67. The Morgan fingerprint density at radius 2 is 2.00 bits per heavy atom. The number of aromatic nitrogens is 4.